The van der Waals surface area contributed by atoms with Crippen LogP contribution < -0.4 is 0 Å². The van der Waals surface area contributed by atoms with E-state index in [1.165, 1.54) is 0 Å². The molecular weight excluding hydrogens is 203 g/mol. The molecular formula is C6H3BrClO. The zero-order valence-electron chi connectivity index (χ0n) is 4.36. The maximum Gasteiger partial charge on any atom is 0.143 e. The van der Waals surface area contributed by atoms with E-state index in [9.17, 15) is 0 Å². The largest absolute Gasteiger partial charge is 0.506 e. The first-order valence-corrected chi connectivity index (χ1v) is 3.43. The molecule has 1 N–H and O–H groups in total. The van der Waals surface area contributed by atoms with Crippen LogP contribution in [0.2, 0.25) is 5.02 Å². The SMILES string of the molecule is Oc1[c]c(Br)ccc1Cl. The maximum atomic E-state index is 8.88. The van der Waals surface area contributed by atoms with Gasteiger partial charge in [0.25, 0.3) is 0 Å². The molecule has 1 radical (unpaired) electrons. The summed E-state index contributed by atoms with van der Waals surface area (Å²) < 4.78 is 0.699. The average Bonchev–Trinajstić information content (AvgIpc) is 1.80. The van der Waals surface area contributed by atoms with E-state index < -0.39 is 0 Å². The van der Waals surface area contributed by atoms with Crippen molar-refractivity contribution in [3.05, 3.63) is 27.7 Å². The van der Waals surface area contributed by atoms with Gasteiger partial charge < -0.3 is 5.11 Å². The second-order valence-corrected chi connectivity index (χ2v) is 2.76. The summed E-state index contributed by atoms with van der Waals surface area (Å²) in [6.07, 6.45) is 0. The fourth-order valence-corrected chi connectivity index (χ4v) is 0.870. The number of rotatable bonds is 0. The molecule has 0 bridgehead atoms. The number of aromatic hydroxyl groups is 1. The topological polar surface area (TPSA) is 20.2 Å². The highest BCUT2D eigenvalue weighted by atomic mass is 79.9. The predicted octanol–water partition coefficient (Wildman–Crippen LogP) is 2.61. The molecule has 1 rings (SSSR count). The molecule has 0 fully saturated rings. The van der Waals surface area contributed by atoms with Crippen molar-refractivity contribution in [3.8, 4) is 5.75 Å². The van der Waals surface area contributed by atoms with E-state index in [0.717, 1.165) is 0 Å². The first-order chi connectivity index (χ1) is 4.20. The molecule has 0 saturated heterocycles. The molecule has 0 amide bonds. The third-order valence-electron chi connectivity index (χ3n) is 0.840. The number of hydrogen-bond donors (Lipinski definition) is 1. The normalized spacial score (nSPS) is 9.56. The monoisotopic (exact) mass is 205 g/mol. The minimum Gasteiger partial charge on any atom is -0.506 e. The van der Waals surface area contributed by atoms with Crippen LogP contribution in [0.3, 0.4) is 0 Å². The molecule has 0 spiro atoms. The van der Waals surface area contributed by atoms with Crippen LogP contribution in [-0.4, -0.2) is 5.11 Å². The predicted molar refractivity (Wildman–Crippen MR) is 39.7 cm³/mol. The lowest BCUT2D eigenvalue weighted by atomic mass is 10.3. The maximum absolute atomic E-state index is 8.88. The Morgan fingerprint density at radius 3 is 2.67 bits per heavy atom. The average molecular weight is 206 g/mol. The lowest BCUT2D eigenvalue weighted by Gasteiger charge is -1.93. The van der Waals surface area contributed by atoms with E-state index >= 15 is 0 Å². The molecule has 9 heavy (non-hydrogen) atoms. The van der Waals surface area contributed by atoms with Crippen molar-refractivity contribution in [1.82, 2.24) is 0 Å². The fraction of sp³-hybridized carbons (Fsp3) is 0. The number of phenols is 1. The van der Waals surface area contributed by atoms with E-state index in [-0.39, 0.29) is 5.75 Å². The van der Waals surface area contributed by atoms with Crippen LogP contribution >= 0.6 is 27.5 Å². The van der Waals surface area contributed by atoms with Crippen molar-refractivity contribution in [2.45, 2.75) is 0 Å². The smallest absolute Gasteiger partial charge is 0.143 e. The number of hydrogen-bond acceptors (Lipinski definition) is 1. The lowest BCUT2D eigenvalue weighted by Crippen LogP contribution is -1.67. The Morgan fingerprint density at radius 1 is 1.56 bits per heavy atom. The van der Waals surface area contributed by atoms with Gasteiger partial charge in [-0.3, -0.25) is 0 Å². The molecule has 47 valence electrons. The van der Waals surface area contributed by atoms with Gasteiger partial charge in [0.05, 0.1) is 5.02 Å². The molecule has 0 atom stereocenters. The third kappa shape index (κ3) is 1.60. The van der Waals surface area contributed by atoms with Gasteiger partial charge in [0.1, 0.15) is 5.75 Å². The molecule has 0 aliphatic carbocycles. The Bertz CT molecular complexity index is 224. The van der Waals surface area contributed by atoms with Crippen LogP contribution in [0.5, 0.6) is 5.75 Å². The van der Waals surface area contributed by atoms with Gasteiger partial charge in [-0.1, -0.05) is 27.5 Å². The van der Waals surface area contributed by atoms with Crippen LogP contribution in [0.15, 0.2) is 16.6 Å². The van der Waals surface area contributed by atoms with E-state index in [1.54, 1.807) is 12.1 Å². The Hall–Kier alpha value is -0.210. The summed E-state index contributed by atoms with van der Waals surface area (Å²) in [6.45, 7) is 0. The first kappa shape index (κ1) is 6.90. The van der Waals surface area contributed by atoms with Gasteiger partial charge in [0.2, 0.25) is 0 Å². The summed E-state index contributed by atoms with van der Waals surface area (Å²) >= 11 is 8.60. The molecule has 0 aliphatic heterocycles. The van der Waals surface area contributed by atoms with E-state index in [2.05, 4.69) is 22.0 Å². The van der Waals surface area contributed by atoms with Crippen LogP contribution in [0.4, 0.5) is 0 Å². The van der Waals surface area contributed by atoms with Crippen molar-refractivity contribution in [3.63, 3.8) is 0 Å². The van der Waals surface area contributed by atoms with E-state index in [1.807, 2.05) is 0 Å². The summed E-state index contributed by atoms with van der Waals surface area (Å²) in [5.74, 6) is -0.0222. The Kier molecular flexibility index (Phi) is 1.98. The van der Waals surface area contributed by atoms with Gasteiger partial charge in [0, 0.05) is 10.5 Å². The number of halogens is 2. The highest BCUT2D eigenvalue weighted by Gasteiger charge is 1.96. The second kappa shape index (κ2) is 2.58. The second-order valence-electron chi connectivity index (χ2n) is 1.50. The van der Waals surface area contributed by atoms with Crippen LogP contribution in [0.1, 0.15) is 0 Å². The molecule has 1 aromatic rings. The fourth-order valence-electron chi connectivity index (χ4n) is 0.440. The van der Waals surface area contributed by atoms with Gasteiger partial charge in [-0.2, -0.15) is 0 Å². The van der Waals surface area contributed by atoms with E-state index in [4.69, 9.17) is 16.7 Å². The summed E-state index contributed by atoms with van der Waals surface area (Å²) in [5, 5.41) is 9.20. The number of benzene rings is 1. The highest BCUT2D eigenvalue weighted by Crippen LogP contribution is 2.25. The molecule has 0 unspecified atom stereocenters. The summed E-state index contributed by atoms with van der Waals surface area (Å²) in [6, 6.07) is 5.88. The molecule has 0 aromatic heterocycles. The van der Waals surface area contributed by atoms with Gasteiger partial charge in [-0.25, -0.2) is 0 Å². The minimum absolute atomic E-state index is 0.0222. The molecule has 0 heterocycles. The standard InChI is InChI=1S/C6H3BrClO/c7-4-1-2-5(8)6(9)3-4/h1-2,9H. The van der Waals surface area contributed by atoms with Crippen molar-refractivity contribution in [2.24, 2.45) is 0 Å². The zero-order valence-corrected chi connectivity index (χ0v) is 6.70. The number of phenolic OH excluding ortho intramolecular Hbond substituents is 1. The molecule has 0 aliphatic rings. The third-order valence-corrected chi connectivity index (χ3v) is 1.61. The first-order valence-electron chi connectivity index (χ1n) is 2.26. The quantitative estimate of drug-likeness (QED) is 0.692. The van der Waals surface area contributed by atoms with Gasteiger partial charge >= 0.3 is 0 Å². The zero-order chi connectivity index (χ0) is 6.85. The molecule has 3 heteroatoms. The van der Waals surface area contributed by atoms with Crippen molar-refractivity contribution >= 4 is 27.5 Å². The van der Waals surface area contributed by atoms with Gasteiger partial charge in [0.15, 0.2) is 0 Å². The van der Waals surface area contributed by atoms with Crippen LogP contribution in [0.25, 0.3) is 0 Å². The van der Waals surface area contributed by atoms with Gasteiger partial charge in [-0.15, -0.1) is 0 Å². The lowest BCUT2D eigenvalue weighted by molar-refractivity contribution is 0.474. The van der Waals surface area contributed by atoms with Crippen LogP contribution in [-0.2, 0) is 0 Å². The Balaban J connectivity index is 3.17. The van der Waals surface area contributed by atoms with Gasteiger partial charge in [-0.05, 0) is 12.1 Å². The highest BCUT2D eigenvalue weighted by molar-refractivity contribution is 9.10. The minimum atomic E-state index is -0.0222. The summed E-state index contributed by atoms with van der Waals surface area (Å²) in [7, 11) is 0. The molecule has 1 aromatic carbocycles. The van der Waals surface area contributed by atoms with Crippen molar-refractivity contribution in [2.75, 3.05) is 0 Å². The van der Waals surface area contributed by atoms with Crippen molar-refractivity contribution in [1.29, 1.82) is 0 Å². The summed E-state index contributed by atoms with van der Waals surface area (Å²) in [4.78, 5) is 0. The van der Waals surface area contributed by atoms with E-state index in [0.29, 0.717) is 9.50 Å². The Labute approximate surface area is 66.4 Å². The van der Waals surface area contributed by atoms with Crippen molar-refractivity contribution < 1.29 is 5.11 Å². The molecule has 0 saturated carbocycles. The Morgan fingerprint density at radius 2 is 2.22 bits per heavy atom. The molecule has 1 nitrogen and oxygen atoms in total. The van der Waals surface area contributed by atoms with Crippen LogP contribution in [0, 0.1) is 6.07 Å². The summed E-state index contributed by atoms with van der Waals surface area (Å²) in [5.41, 5.74) is 0.